The molecule has 0 aromatic rings. The van der Waals surface area contributed by atoms with Crippen LogP contribution in [-0.2, 0) is 9.16 Å². The van der Waals surface area contributed by atoms with Crippen LogP contribution in [0.15, 0.2) is 12.3 Å². The van der Waals surface area contributed by atoms with Crippen molar-refractivity contribution in [2.24, 2.45) is 11.8 Å². The maximum atomic E-state index is 12.3. The molecule has 0 aliphatic carbocycles. The van der Waals surface area contributed by atoms with Crippen molar-refractivity contribution in [1.29, 1.82) is 0 Å². The number of amides is 1. The third-order valence-electron chi connectivity index (χ3n) is 5.37. The van der Waals surface area contributed by atoms with Gasteiger partial charge in [-0.3, -0.25) is 0 Å². The third kappa shape index (κ3) is 7.43. The van der Waals surface area contributed by atoms with E-state index in [4.69, 9.17) is 9.16 Å². The van der Waals surface area contributed by atoms with E-state index in [9.17, 15) is 4.79 Å². The molecule has 0 aliphatic rings. The molecule has 0 N–H and O–H groups in total. The Morgan fingerprint density at radius 3 is 1.73 bits per heavy atom. The summed E-state index contributed by atoms with van der Waals surface area (Å²) in [5, 5.41) is 0. The second-order valence-electron chi connectivity index (χ2n) is 8.24. The van der Waals surface area contributed by atoms with Crippen molar-refractivity contribution in [3.05, 3.63) is 12.3 Å². The van der Waals surface area contributed by atoms with Gasteiger partial charge in [0.1, 0.15) is 0 Å². The van der Waals surface area contributed by atoms with Gasteiger partial charge in [-0.2, -0.15) is 0 Å². The average Bonchev–Trinajstić information content (AvgIpc) is 2.55. The number of ether oxygens (including phenoxy) is 1. The molecule has 0 fully saturated rings. The van der Waals surface area contributed by atoms with Gasteiger partial charge in [0.05, 0.1) is 12.4 Å². The topological polar surface area (TPSA) is 38.8 Å². The molecule has 0 spiro atoms. The van der Waals surface area contributed by atoms with Crippen molar-refractivity contribution in [3.8, 4) is 0 Å². The first kappa shape index (κ1) is 25.2. The molecule has 0 saturated carbocycles. The molecule has 154 valence electrons. The van der Waals surface area contributed by atoms with E-state index in [1.807, 2.05) is 33.8 Å². The summed E-state index contributed by atoms with van der Waals surface area (Å²) in [6.45, 7) is 21.3. The largest absolute Gasteiger partial charge is 0.418 e. The lowest BCUT2D eigenvalue weighted by molar-refractivity contribution is 0.0978. The Balaban J connectivity index is 5.04. The Bertz CT molecular complexity index is 415. The Labute approximate surface area is 163 Å². The predicted molar refractivity (Wildman–Crippen MR) is 114 cm³/mol. The number of hydrogen-bond donors (Lipinski definition) is 0. The lowest BCUT2D eigenvalue weighted by atomic mass is 9.95. The molecule has 0 bridgehead atoms. The van der Waals surface area contributed by atoms with E-state index in [1.165, 1.54) is 0 Å². The summed E-state index contributed by atoms with van der Waals surface area (Å²) in [7, 11) is -1.66. The first-order valence-electron chi connectivity index (χ1n) is 10.4. The number of carbonyl (C=O) groups excluding carboxylic acids is 1. The van der Waals surface area contributed by atoms with Gasteiger partial charge in [0, 0.05) is 18.0 Å². The van der Waals surface area contributed by atoms with Gasteiger partial charge in [-0.1, -0.05) is 41.5 Å². The Hall–Kier alpha value is -0.813. The van der Waals surface area contributed by atoms with Crippen LogP contribution in [-0.4, -0.2) is 37.5 Å². The van der Waals surface area contributed by atoms with E-state index in [-0.39, 0.29) is 30.2 Å². The second kappa shape index (κ2) is 11.8. The Kier molecular flexibility index (Phi) is 11.4. The van der Waals surface area contributed by atoms with Crippen molar-refractivity contribution in [1.82, 2.24) is 4.90 Å². The van der Waals surface area contributed by atoms with Crippen LogP contribution in [0.5, 0.6) is 0 Å². The van der Waals surface area contributed by atoms with Crippen LogP contribution in [0.25, 0.3) is 0 Å². The lowest BCUT2D eigenvalue weighted by Gasteiger charge is -2.37. The fourth-order valence-electron chi connectivity index (χ4n) is 3.55. The minimum absolute atomic E-state index is 0.116. The van der Waals surface area contributed by atoms with Gasteiger partial charge in [0.25, 0.3) is 0 Å². The van der Waals surface area contributed by atoms with Crippen molar-refractivity contribution < 1.29 is 14.0 Å². The molecule has 5 heteroatoms. The molecule has 0 heterocycles. The molecule has 26 heavy (non-hydrogen) atoms. The molecule has 0 aromatic carbocycles. The molecular weight excluding hydrogens is 342 g/mol. The van der Waals surface area contributed by atoms with Crippen LogP contribution in [0.2, 0.25) is 18.1 Å². The van der Waals surface area contributed by atoms with E-state index in [1.54, 1.807) is 11.2 Å². The first-order chi connectivity index (χ1) is 12.0. The standard InChI is InChI=1S/C21H43NO3Si/c1-11-26(12-2,13-3)25-20(16(4)5)19(10)14-15-24-21(23)22(17(6)7)18(8)9/h14-20H,11-13H2,1-10H3/b15-14-/t19-,20+/m0/s1. The normalized spacial score (nSPS) is 15.1. The zero-order valence-electron chi connectivity index (χ0n) is 18.8. The van der Waals surface area contributed by atoms with E-state index in [0.717, 1.165) is 18.1 Å². The highest BCUT2D eigenvalue weighted by atomic mass is 28.4. The highest BCUT2D eigenvalue weighted by Gasteiger charge is 2.34. The Morgan fingerprint density at radius 1 is 0.923 bits per heavy atom. The van der Waals surface area contributed by atoms with Gasteiger partial charge >= 0.3 is 6.09 Å². The van der Waals surface area contributed by atoms with Crippen LogP contribution in [0.3, 0.4) is 0 Å². The SMILES string of the molecule is CC[Si](CC)(CC)O[C@H](C(C)C)[C@@H](C)/C=C\OC(=O)N(C(C)C)C(C)C. The molecule has 0 saturated heterocycles. The average molecular weight is 386 g/mol. The maximum absolute atomic E-state index is 12.3. The van der Waals surface area contributed by atoms with Crippen molar-refractivity contribution in [2.45, 2.75) is 106 Å². The summed E-state index contributed by atoms with van der Waals surface area (Å²) in [6, 6.07) is 3.67. The maximum Gasteiger partial charge on any atom is 0.415 e. The number of hydrogen-bond acceptors (Lipinski definition) is 3. The van der Waals surface area contributed by atoms with Crippen molar-refractivity contribution >= 4 is 14.4 Å². The minimum Gasteiger partial charge on any atom is -0.418 e. The zero-order chi connectivity index (χ0) is 20.5. The van der Waals surface area contributed by atoms with E-state index < -0.39 is 8.32 Å². The Morgan fingerprint density at radius 2 is 1.38 bits per heavy atom. The number of rotatable bonds is 11. The summed E-state index contributed by atoms with van der Waals surface area (Å²) in [4.78, 5) is 14.1. The van der Waals surface area contributed by atoms with Crippen LogP contribution in [0, 0.1) is 11.8 Å². The van der Waals surface area contributed by atoms with E-state index in [2.05, 4.69) is 41.5 Å². The van der Waals surface area contributed by atoms with Crippen LogP contribution >= 0.6 is 0 Å². The second-order valence-corrected chi connectivity index (χ2v) is 13.0. The predicted octanol–water partition coefficient (Wildman–Crippen LogP) is 6.44. The molecule has 4 nitrogen and oxygen atoms in total. The van der Waals surface area contributed by atoms with Crippen molar-refractivity contribution in [3.63, 3.8) is 0 Å². The molecule has 0 radical (unpaired) electrons. The molecule has 0 aliphatic heterocycles. The van der Waals surface area contributed by atoms with Crippen molar-refractivity contribution in [2.75, 3.05) is 0 Å². The molecule has 0 aromatic heterocycles. The summed E-state index contributed by atoms with van der Waals surface area (Å²) >= 11 is 0. The number of nitrogens with zero attached hydrogens (tertiary/aromatic N) is 1. The van der Waals surface area contributed by atoms with Gasteiger partial charge in [0.2, 0.25) is 0 Å². The van der Waals surface area contributed by atoms with Crippen LogP contribution in [0.4, 0.5) is 4.79 Å². The summed E-state index contributed by atoms with van der Waals surface area (Å²) in [5.41, 5.74) is 0. The van der Waals surface area contributed by atoms with Gasteiger partial charge in [-0.25, -0.2) is 4.79 Å². The molecule has 2 atom stereocenters. The van der Waals surface area contributed by atoms with Crippen LogP contribution < -0.4 is 0 Å². The summed E-state index contributed by atoms with van der Waals surface area (Å²) < 4.78 is 12.1. The minimum atomic E-state index is -1.66. The van der Waals surface area contributed by atoms with E-state index >= 15 is 0 Å². The van der Waals surface area contributed by atoms with Gasteiger partial charge < -0.3 is 14.1 Å². The monoisotopic (exact) mass is 385 g/mol. The third-order valence-corrected chi connectivity index (χ3v) is 10.0. The summed E-state index contributed by atoms with van der Waals surface area (Å²) in [6.07, 6.45) is 3.39. The highest BCUT2D eigenvalue weighted by molar-refractivity contribution is 6.73. The summed E-state index contributed by atoms with van der Waals surface area (Å²) in [5.74, 6) is 0.621. The van der Waals surface area contributed by atoms with Crippen LogP contribution in [0.1, 0.15) is 69.2 Å². The van der Waals surface area contributed by atoms with Gasteiger partial charge in [-0.15, -0.1) is 0 Å². The fraction of sp³-hybridized carbons (Fsp3) is 0.857. The smallest absolute Gasteiger partial charge is 0.415 e. The lowest BCUT2D eigenvalue weighted by Crippen LogP contribution is -2.43. The quantitative estimate of drug-likeness (QED) is 0.303. The van der Waals surface area contributed by atoms with Gasteiger partial charge in [-0.05, 0) is 57.8 Å². The molecule has 0 rings (SSSR count). The fourth-order valence-corrected chi connectivity index (χ4v) is 6.61. The van der Waals surface area contributed by atoms with Gasteiger partial charge in [0.15, 0.2) is 8.32 Å². The molecule has 0 unspecified atom stereocenters. The molecular formula is C21H43NO3Si. The highest BCUT2D eigenvalue weighted by Crippen LogP contribution is 2.29. The number of carbonyl (C=O) groups is 1. The first-order valence-corrected chi connectivity index (χ1v) is 12.9. The molecule has 1 amide bonds. The van der Waals surface area contributed by atoms with E-state index in [0.29, 0.717) is 5.92 Å². The zero-order valence-corrected chi connectivity index (χ0v) is 19.8.